The lowest BCUT2D eigenvalue weighted by atomic mass is 10.3. The monoisotopic (exact) mass is 298 g/mol. The second kappa shape index (κ2) is 5.07. The van der Waals surface area contributed by atoms with Crippen LogP contribution < -0.4 is 10.5 Å². The van der Waals surface area contributed by atoms with Gasteiger partial charge in [0.25, 0.3) is 0 Å². The van der Waals surface area contributed by atoms with E-state index in [2.05, 4.69) is 4.98 Å². The minimum atomic E-state index is -3.22. The number of ether oxygens (including phenoxy) is 1. The van der Waals surface area contributed by atoms with Crippen molar-refractivity contribution in [2.75, 3.05) is 12.0 Å². The molecule has 5 nitrogen and oxygen atoms in total. The summed E-state index contributed by atoms with van der Waals surface area (Å²) < 4.78 is 28.1. The van der Waals surface area contributed by atoms with Crippen LogP contribution in [0, 0.1) is 0 Å². The lowest BCUT2D eigenvalue weighted by Gasteiger charge is -2.07. The Labute approximate surface area is 115 Å². The van der Waals surface area contributed by atoms with Crippen molar-refractivity contribution in [3.05, 3.63) is 41.6 Å². The Hall–Kier alpha value is -1.79. The molecule has 0 amide bonds. The predicted molar refractivity (Wildman–Crippen MR) is 73.3 cm³/mol. The van der Waals surface area contributed by atoms with E-state index in [0.29, 0.717) is 11.4 Å². The molecule has 0 saturated carbocycles. The van der Waals surface area contributed by atoms with Crippen LogP contribution in [0.4, 0.5) is 5.69 Å². The molecule has 0 saturated heterocycles. The molecule has 0 atom stereocenters. The molecule has 0 aliphatic rings. The van der Waals surface area contributed by atoms with Crippen LogP contribution in [0.25, 0.3) is 0 Å². The predicted octanol–water partition coefficient (Wildman–Crippen LogP) is 2.51. The van der Waals surface area contributed by atoms with Crippen molar-refractivity contribution in [1.29, 1.82) is 0 Å². The number of aromatic nitrogens is 1. The van der Waals surface area contributed by atoms with Gasteiger partial charge in [0, 0.05) is 6.26 Å². The van der Waals surface area contributed by atoms with Gasteiger partial charge in [-0.3, -0.25) is 0 Å². The van der Waals surface area contributed by atoms with Gasteiger partial charge in [-0.05, 0) is 30.3 Å². The van der Waals surface area contributed by atoms with Crippen molar-refractivity contribution >= 4 is 27.1 Å². The van der Waals surface area contributed by atoms with Crippen LogP contribution in [-0.2, 0) is 9.84 Å². The van der Waals surface area contributed by atoms with Crippen LogP contribution in [0.1, 0.15) is 0 Å². The third kappa shape index (κ3) is 3.36. The van der Waals surface area contributed by atoms with Crippen molar-refractivity contribution in [2.45, 2.75) is 4.90 Å². The first-order chi connectivity index (χ1) is 8.86. The minimum absolute atomic E-state index is 0.211. The van der Waals surface area contributed by atoms with Crippen molar-refractivity contribution < 1.29 is 13.2 Å². The highest BCUT2D eigenvalue weighted by Gasteiger charge is 2.08. The molecule has 2 N–H and O–H groups in total. The van der Waals surface area contributed by atoms with Gasteiger partial charge in [-0.15, -0.1) is 0 Å². The highest BCUT2D eigenvalue weighted by molar-refractivity contribution is 7.90. The van der Waals surface area contributed by atoms with Crippen molar-refractivity contribution in [2.24, 2.45) is 0 Å². The van der Waals surface area contributed by atoms with Crippen molar-refractivity contribution in [1.82, 2.24) is 4.98 Å². The number of rotatable bonds is 3. The van der Waals surface area contributed by atoms with Crippen LogP contribution >= 0.6 is 11.6 Å². The number of nitrogens with two attached hydrogens (primary N) is 1. The Bertz CT molecular complexity index is 699. The van der Waals surface area contributed by atoms with Gasteiger partial charge in [-0.25, -0.2) is 13.4 Å². The number of nitrogen functional groups attached to an aromatic ring is 1. The van der Waals surface area contributed by atoms with Gasteiger partial charge in [-0.2, -0.15) is 0 Å². The van der Waals surface area contributed by atoms with Gasteiger partial charge in [0.1, 0.15) is 10.8 Å². The van der Waals surface area contributed by atoms with E-state index in [1.165, 1.54) is 36.5 Å². The Morgan fingerprint density at radius 1 is 1.26 bits per heavy atom. The average Bonchev–Trinajstić information content (AvgIpc) is 2.32. The molecule has 0 unspecified atom stereocenters. The van der Waals surface area contributed by atoms with Crippen LogP contribution in [0.5, 0.6) is 11.6 Å². The molecule has 1 aromatic carbocycles. The van der Waals surface area contributed by atoms with E-state index in [0.717, 1.165) is 6.26 Å². The summed E-state index contributed by atoms with van der Waals surface area (Å²) in [6.45, 7) is 0. The second-order valence-corrected chi connectivity index (χ2v) is 6.32. The highest BCUT2D eigenvalue weighted by Crippen LogP contribution is 2.28. The minimum Gasteiger partial charge on any atom is -0.438 e. The van der Waals surface area contributed by atoms with Crippen molar-refractivity contribution in [3.8, 4) is 11.6 Å². The zero-order chi connectivity index (χ0) is 14.0. The third-order valence-electron chi connectivity index (χ3n) is 2.29. The quantitative estimate of drug-likeness (QED) is 0.941. The summed E-state index contributed by atoms with van der Waals surface area (Å²) in [5, 5.41) is 0.284. The van der Waals surface area contributed by atoms with Gasteiger partial charge in [0.15, 0.2) is 9.84 Å². The van der Waals surface area contributed by atoms with E-state index in [4.69, 9.17) is 22.1 Å². The molecule has 0 bridgehead atoms. The molecular weight excluding hydrogens is 288 g/mol. The van der Waals surface area contributed by atoms with Gasteiger partial charge in [0.05, 0.1) is 16.8 Å². The number of hydrogen-bond acceptors (Lipinski definition) is 5. The average molecular weight is 299 g/mol. The van der Waals surface area contributed by atoms with E-state index in [1.54, 1.807) is 0 Å². The molecule has 0 radical (unpaired) electrons. The molecule has 19 heavy (non-hydrogen) atoms. The molecule has 7 heteroatoms. The Morgan fingerprint density at radius 3 is 2.42 bits per heavy atom. The Kier molecular flexibility index (Phi) is 3.64. The van der Waals surface area contributed by atoms with E-state index < -0.39 is 9.84 Å². The van der Waals surface area contributed by atoms with Crippen molar-refractivity contribution in [3.63, 3.8) is 0 Å². The number of hydrogen-bond donors (Lipinski definition) is 1. The lowest BCUT2D eigenvalue weighted by Crippen LogP contribution is -1.97. The smallest absolute Gasteiger partial charge is 0.238 e. The summed E-state index contributed by atoms with van der Waals surface area (Å²) >= 11 is 5.92. The topological polar surface area (TPSA) is 82.3 Å². The Balaban J connectivity index is 2.25. The maximum absolute atomic E-state index is 11.3. The Morgan fingerprint density at radius 2 is 1.89 bits per heavy atom. The molecule has 1 heterocycles. The summed E-state index contributed by atoms with van der Waals surface area (Å²) in [5.41, 5.74) is 5.95. The number of halogens is 1. The zero-order valence-corrected chi connectivity index (χ0v) is 11.6. The molecule has 0 aliphatic carbocycles. The molecule has 0 aliphatic heterocycles. The van der Waals surface area contributed by atoms with Gasteiger partial charge < -0.3 is 10.5 Å². The first-order valence-electron chi connectivity index (χ1n) is 5.25. The number of anilines is 1. The van der Waals surface area contributed by atoms with Crippen LogP contribution in [0.15, 0.2) is 41.4 Å². The summed E-state index contributed by atoms with van der Waals surface area (Å²) in [4.78, 5) is 4.17. The molecule has 0 spiro atoms. The van der Waals surface area contributed by atoms with Crippen LogP contribution in [0.2, 0.25) is 5.02 Å². The fourth-order valence-corrected chi connectivity index (χ4v) is 2.23. The number of nitrogens with zero attached hydrogens (tertiary/aromatic N) is 1. The maximum atomic E-state index is 11.3. The number of benzene rings is 1. The fraction of sp³-hybridized carbons (Fsp3) is 0.0833. The lowest BCUT2D eigenvalue weighted by molar-refractivity contribution is 0.463. The van der Waals surface area contributed by atoms with E-state index >= 15 is 0 Å². The summed E-state index contributed by atoms with van der Waals surface area (Å²) in [6.07, 6.45) is 2.56. The van der Waals surface area contributed by atoms with E-state index in [9.17, 15) is 8.42 Å². The zero-order valence-electron chi connectivity index (χ0n) is 10.00. The summed E-state index contributed by atoms with van der Waals surface area (Å²) in [6, 6.07) is 7.50. The van der Waals surface area contributed by atoms with Gasteiger partial charge >= 0.3 is 0 Å². The summed E-state index contributed by atoms with van der Waals surface area (Å²) in [7, 11) is -3.22. The maximum Gasteiger partial charge on any atom is 0.238 e. The second-order valence-electron chi connectivity index (χ2n) is 3.90. The standard InChI is InChI=1S/C12H11ClN2O3S/c1-19(16,17)10-4-2-9(3-5-10)18-12-11(13)6-8(14)7-15-12/h2-7H,14H2,1H3. The highest BCUT2D eigenvalue weighted by atomic mass is 35.5. The summed E-state index contributed by atoms with van der Waals surface area (Å²) in [5.74, 6) is 0.648. The number of pyridine rings is 1. The van der Waals surface area contributed by atoms with E-state index in [1.807, 2.05) is 0 Å². The molecule has 2 aromatic rings. The normalized spacial score (nSPS) is 11.3. The molecular formula is C12H11ClN2O3S. The third-order valence-corrected chi connectivity index (χ3v) is 3.69. The first kappa shape index (κ1) is 13.6. The molecule has 2 rings (SSSR count). The fourth-order valence-electron chi connectivity index (χ4n) is 1.38. The molecule has 100 valence electrons. The largest absolute Gasteiger partial charge is 0.438 e. The SMILES string of the molecule is CS(=O)(=O)c1ccc(Oc2ncc(N)cc2Cl)cc1. The van der Waals surface area contributed by atoms with Gasteiger partial charge in [0.2, 0.25) is 5.88 Å². The molecule has 0 fully saturated rings. The molecule has 1 aromatic heterocycles. The van der Waals surface area contributed by atoms with Crippen LogP contribution in [-0.4, -0.2) is 19.7 Å². The first-order valence-corrected chi connectivity index (χ1v) is 7.52. The van der Waals surface area contributed by atoms with E-state index in [-0.39, 0.29) is 15.8 Å². The van der Waals surface area contributed by atoms with Gasteiger partial charge in [-0.1, -0.05) is 11.6 Å². The number of sulfone groups is 1. The van der Waals surface area contributed by atoms with Crippen LogP contribution in [0.3, 0.4) is 0 Å².